The van der Waals surface area contributed by atoms with Crippen molar-refractivity contribution in [2.75, 3.05) is 44.8 Å². The molecule has 102 heavy (non-hydrogen) atoms. The molecule has 556 valence electrons. The summed E-state index contributed by atoms with van der Waals surface area (Å²) >= 11 is 3.32. The predicted molar refractivity (Wildman–Crippen MR) is 397 cm³/mol. The number of thioether (sulfide) groups is 2. The van der Waals surface area contributed by atoms with Gasteiger partial charge >= 0.3 is 5.97 Å². The number of carboxylic acid groups (broad SMARTS) is 1. The van der Waals surface area contributed by atoms with Crippen LogP contribution in [0.2, 0.25) is 0 Å². The van der Waals surface area contributed by atoms with Crippen LogP contribution in [0.25, 0.3) is 21.8 Å². The van der Waals surface area contributed by atoms with Gasteiger partial charge in [-0.2, -0.15) is 23.5 Å². The number of unbranched alkanes of at least 4 members (excludes halogenated alkanes) is 1. The van der Waals surface area contributed by atoms with Crippen molar-refractivity contribution < 1.29 is 68.9 Å². The smallest absolute Gasteiger partial charge is 0.305 e. The van der Waals surface area contributed by atoms with Gasteiger partial charge in [0, 0.05) is 128 Å². The molecule has 25 nitrogen and oxygen atoms in total. The number of carbonyl (C=O) groups is 9. The number of ether oxygens (including phenoxy) is 1. The van der Waals surface area contributed by atoms with Crippen LogP contribution in [0.15, 0.2) is 110 Å². The Morgan fingerprint density at radius 3 is 1.82 bits per heavy atom. The van der Waals surface area contributed by atoms with E-state index in [0.29, 0.717) is 108 Å². The van der Waals surface area contributed by atoms with Gasteiger partial charge in [-0.25, -0.2) is 13.8 Å². The number of nitrogens with one attached hydrogen (secondary N) is 11. The average molecular weight is 1450 g/mol. The van der Waals surface area contributed by atoms with Gasteiger partial charge in [0.1, 0.15) is 59.7 Å². The molecule has 8 atom stereocenters. The number of fused-ring (bicyclic) bond motifs is 5. The Hall–Kier alpha value is -9.32. The minimum Gasteiger partial charge on any atom is -0.497 e. The van der Waals surface area contributed by atoms with Gasteiger partial charge in [-0.15, -0.1) is 0 Å². The van der Waals surface area contributed by atoms with Gasteiger partial charge in [0.25, 0.3) is 0 Å². The molecule has 5 heterocycles. The molecule has 4 aromatic carbocycles. The van der Waals surface area contributed by atoms with Crippen LogP contribution in [0.5, 0.6) is 5.75 Å². The third kappa shape index (κ3) is 21.4. The summed E-state index contributed by atoms with van der Waals surface area (Å²) in [6, 6.07) is 12.4. The number of aromatic amines is 3. The summed E-state index contributed by atoms with van der Waals surface area (Å²) in [6.07, 6.45) is 6.25. The molecule has 1 saturated heterocycles. The molecule has 29 heteroatoms. The van der Waals surface area contributed by atoms with E-state index in [1.165, 1.54) is 68.4 Å². The first-order valence-corrected chi connectivity index (χ1v) is 36.6. The van der Waals surface area contributed by atoms with E-state index in [4.69, 9.17) is 10.5 Å². The van der Waals surface area contributed by atoms with Crippen molar-refractivity contribution in [2.24, 2.45) is 11.1 Å². The first-order chi connectivity index (χ1) is 48.9. The summed E-state index contributed by atoms with van der Waals surface area (Å²) in [5.41, 5.74) is 8.88. The minimum absolute atomic E-state index is 0. The maximum atomic E-state index is 15.4. The molecule has 14 N–H and O–H groups in total. The summed E-state index contributed by atoms with van der Waals surface area (Å²) in [5.74, 6) is -6.17. The standard InChI is InChI=1S/C73H92F2N14O11S2.5H2/c1-72(2,3)64-70(98)86-58(31-47-37-80-55-20-16-49(75)33-53(47)55)67(95)83-57(30-46-36-79-54-19-15-48(74)32-52(46)54)66(94)85-60(35-63(91)92)69(97)84-59(34-50-38-78-42-81-50)68(96)87-61(29-43-13-17-51(100-5)18-14-43)71(99)89-25-9-22-73(89,4)41-77-24-27-102-40-45-11-8-10-44(28-45)39-101-26-21-62(90)82-56(65(93)88-64)12-6-7-23-76;;;;;/h8,10-11,13-20,28,32-33,36-38,42,56-61,64,77,79-80H,6-7,9,12,21-27,29-31,34-35,39-41,76H2,1-5H3,(H,78,81)(H,82,90)(H,83,95)(H,84,97)(H,85,94)(H,86,98)(H,87,96)(H,88,93)(H,91,92);5*1H/t56-,57-,58-,59-,60-,61-,64-,73-;;;;;/m1...../s1. The summed E-state index contributed by atoms with van der Waals surface area (Å²) in [5, 5.41) is 34.0. The molecule has 0 unspecified atom stereocenters. The number of halogens is 2. The molecule has 3 aromatic heterocycles. The number of aliphatic carboxylic acids is 1. The van der Waals surface area contributed by atoms with E-state index in [-0.39, 0.29) is 56.6 Å². The molecule has 0 radical (unpaired) electrons. The third-order valence-electron chi connectivity index (χ3n) is 18.4. The number of carboxylic acids is 1. The normalized spacial score (nSPS) is 22.9. The van der Waals surface area contributed by atoms with Gasteiger partial charge in [0.05, 0.1) is 25.4 Å². The van der Waals surface area contributed by atoms with E-state index in [2.05, 4.69) is 74.6 Å². The van der Waals surface area contributed by atoms with Crippen LogP contribution in [-0.2, 0) is 80.3 Å². The number of rotatable bonds is 15. The first kappa shape index (κ1) is 76.9. The Balaban J connectivity index is 0.00000484. The lowest BCUT2D eigenvalue weighted by Crippen LogP contribution is -2.62. The molecule has 2 aliphatic heterocycles. The van der Waals surface area contributed by atoms with Crippen LogP contribution in [0, 0.1) is 17.0 Å². The number of hydrogen-bond acceptors (Lipinski definition) is 15. The number of carbonyl (C=O) groups excluding carboxylic acids is 8. The molecule has 2 aliphatic rings. The highest BCUT2D eigenvalue weighted by atomic mass is 32.2. The topological polar surface area (TPSA) is 369 Å². The minimum atomic E-state index is -1.97. The molecule has 2 bridgehead atoms. The average Bonchev–Trinajstić information content (AvgIpc) is 1.79. The zero-order valence-electron chi connectivity index (χ0n) is 57.9. The van der Waals surface area contributed by atoms with E-state index < -0.39 is 119 Å². The highest BCUT2D eigenvalue weighted by Crippen LogP contribution is 2.31. The van der Waals surface area contributed by atoms with E-state index in [9.17, 15) is 24.3 Å². The Kier molecular flexibility index (Phi) is 27.1. The quantitative estimate of drug-likeness (QED) is 0.0472. The number of methoxy groups -OCH3 is 1. The third-order valence-corrected chi connectivity index (χ3v) is 20.4. The zero-order valence-corrected chi connectivity index (χ0v) is 59.6. The van der Waals surface area contributed by atoms with Crippen LogP contribution in [0.3, 0.4) is 0 Å². The number of hydrogen-bond donors (Lipinski definition) is 13. The monoisotopic (exact) mass is 1450 g/mol. The lowest BCUT2D eigenvalue weighted by atomic mass is 9.85. The lowest BCUT2D eigenvalue weighted by Gasteiger charge is -2.38. The van der Waals surface area contributed by atoms with Crippen LogP contribution in [-0.4, -0.2) is 176 Å². The van der Waals surface area contributed by atoms with Gasteiger partial charge in [-0.05, 0) is 127 Å². The summed E-state index contributed by atoms with van der Waals surface area (Å²) in [6.45, 7) is 8.84. The summed E-state index contributed by atoms with van der Waals surface area (Å²) in [4.78, 5) is 147. The van der Waals surface area contributed by atoms with Gasteiger partial charge in [-0.1, -0.05) is 57.2 Å². The van der Waals surface area contributed by atoms with Crippen molar-refractivity contribution in [3.63, 3.8) is 0 Å². The SMILES string of the molecule is COc1ccc(C[C@H]2NC(=O)[C@@H](Cc3cnc[nH]3)NC(=O)[C@@H](CC(=O)O)NC(=O)[C@@H](Cc3c[nH]c4ccc(F)cc34)NC(=O)[C@@H](Cc3c[nH]c4ccc(F)cc34)NC(=O)[C@H](C(C)(C)C)NC(=O)[C@@H](CCCCN)NC(=O)CCSCc3cccc(c3)CSCCNC[C@@]3(C)CCCN3C2=O)cc1.[HH].[HH].[HH].[HH].[HH]. The molecule has 7 aromatic rings. The second kappa shape index (κ2) is 36.0. The van der Waals surface area contributed by atoms with Crippen molar-refractivity contribution >= 4 is 98.6 Å². The second-order valence-electron chi connectivity index (χ2n) is 27.3. The van der Waals surface area contributed by atoms with Crippen molar-refractivity contribution in [3.8, 4) is 5.75 Å². The van der Waals surface area contributed by atoms with Crippen LogP contribution in [0.1, 0.15) is 113 Å². The van der Waals surface area contributed by atoms with Crippen molar-refractivity contribution in [2.45, 2.75) is 158 Å². The second-order valence-corrected chi connectivity index (χ2v) is 29.5. The van der Waals surface area contributed by atoms with Gasteiger partial charge in [0.2, 0.25) is 47.3 Å². The molecule has 0 spiro atoms. The Bertz CT molecular complexity index is 4100. The largest absolute Gasteiger partial charge is 0.497 e. The lowest BCUT2D eigenvalue weighted by molar-refractivity contribution is -0.142. The number of aromatic nitrogens is 4. The Morgan fingerprint density at radius 2 is 1.25 bits per heavy atom. The summed E-state index contributed by atoms with van der Waals surface area (Å²) in [7, 11) is 1.52. The Morgan fingerprint density at radius 1 is 0.676 bits per heavy atom. The number of nitrogens with two attached hydrogens (primary N) is 1. The van der Waals surface area contributed by atoms with E-state index in [0.717, 1.165) is 22.6 Å². The van der Waals surface area contributed by atoms with Crippen LogP contribution < -0.4 is 53.0 Å². The molecular formula is C73H102F2N14O11S2. The van der Waals surface area contributed by atoms with E-state index in [1.807, 2.05) is 19.1 Å². The number of benzene rings is 4. The number of H-pyrrole nitrogens is 3. The zero-order chi connectivity index (χ0) is 73.1. The predicted octanol–water partition coefficient (Wildman–Crippen LogP) is 6.74. The molecule has 0 aliphatic carbocycles. The number of amides is 8. The Labute approximate surface area is 606 Å². The fourth-order valence-electron chi connectivity index (χ4n) is 12.8. The van der Waals surface area contributed by atoms with Crippen LogP contribution in [0.4, 0.5) is 8.78 Å². The van der Waals surface area contributed by atoms with E-state index >= 15 is 32.8 Å². The van der Waals surface area contributed by atoms with Crippen LogP contribution >= 0.6 is 23.5 Å². The number of nitrogens with zero attached hydrogens (tertiary/aromatic N) is 2. The van der Waals surface area contributed by atoms with Gasteiger partial charge in [-0.3, -0.25) is 43.2 Å². The number of imidazole rings is 1. The van der Waals surface area contributed by atoms with Gasteiger partial charge in [0.15, 0.2) is 0 Å². The molecule has 1 fully saturated rings. The molecule has 0 saturated carbocycles. The van der Waals surface area contributed by atoms with Crippen molar-refractivity contribution in [3.05, 3.63) is 155 Å². The van der Waals surface area contributed by atoms with Gasteiger partial charge < -0.3 is 78.0 Å². The first-order valence-electron chi connectivity index (χ1n) is 34.3. The maximum absolute atomic E-state index is 15.4. The molecule has 9 rings (SSSR count). The molecule has 8 amide bonds. The fraction of sp³-hybridized carbons (Fsp3) is 0.452. The van der Waals surface area contributed by atoms with Crippen molar-refractivity contribution in [1.29, 1.82) is 0 Å². The van der Waals surface area contributed by atoms with Crippen molar-refractivity contribution in [1.82, 2.24) is 67.4 Å². The maximum Gasteiger partial charge on any atom is 0.305 e. The van der Waals surface area contributed by atoms with E-state index in [1.54, 1.807) is 73.5 Å². The molecular weight excluding hydrogens is 1350 g/mol. The summed E-state index contributed by atoms with van der Waals surface area (Å²) < 4.78 is 35.5. The fourth-order valence-corrected chi connectivity index (χ4v) is 14.6. The highest BCUT2D eigenvalue weighted by molar-refractivity contribution is 7.98. The highest BCUT2D eigenvalue weighted by Gasteiger charge is 2.44.